The molecule has 2 saturated heterocycles. The van der Waals surface area contributed by atoms with E-state index in [1.54, 1.807) is 0 Å². The summed E-state index contributed by atoms with van der Waals surface area (Å²) in [6, 6.07) is 0. The van der Waals surface area contributed by atoms with Crippen molar-refractivity contribution in [1.82, 2.24) is 0 Å². The number of epoxide rings is 2. The molecule has 0 aliphatic carbocycles. The van der Waals surface area contributed by atoms with Crippen LogP contribution in [0.1, 0.15) is 13.8 Å². The molecule has 2 fully saturated rings. The molecule has 0 saturated carbocycles. The molecule has 2 radical (unpaired) electrons. The van der Waals surface area contributed by atoms with Crippen molar-refractivity contribution < 1.29 is 9.47 Å². The van der Waals surface area contributed by atoms with E-state index in [2.05, 4.69) is 13.8 Å². The van der Waals surface area contributed by atoms with E-state index in [1.165, 1.54) is 8.87 Å². The Balaban J connectivity index is 1.48. The van der Waals surface area contributed by atoms with Gasteiger partial charge < -0.3 is 0 Å². The van der Waals surface area contributed by atoms with Gasteiger partial charge in [-0.05, 0) is 0 Å². The zero-order valence-corrected chi connectivity index (χ0v) is 9.89. The number of ether oxygens (including phenoxy) is 2. The molecule has 2 rings (SSSR count). The van der Waals surface area contributed by atoms with E-state index in [9.17, 15) is 0 Å². The Bertz CT molecular complexity index is 135. The molecule has 2 aliphatic heterocycles. The molecule has 3 heteroatoms. The molecule has 2 nitrogen and oxygen atoms in total. The van der Waals surface area contributed by atoms with Crippen molar-refractivity contribution >= 4 is 21.1 Å². The van der Waals surface area contributed by atoms with Gasteiger partial charge in [0.15, 0.2) is 0 Å². The van der Waals surface area contributed by atoms with Crippen molar-refractivity contribution in [3.05, 3.63) is 0 Å². The SMILES string of the molecule is CC1OC1[CH2][Sn][CH2]C1OC1C. The zero-order valence-electron chi connectivity index (χ0n) is 7.04. The van der Waals surface area contributed by atoms with Gasteiger partial charge in [0.2, 0.25) is 0 Å². The van der Waals surface area contributed by atoms with E-state index in [4.69, 9.17) is 9.47 Å². The Morgan fingerprint density at radius 1 is 1.00 bits per heavy atom. The summed E-state index contributed by atoms with van der Waals surface area (Å²) in [5.74, 6) is 0. The van der Waals surface area contributed by atoms with Crippen molar-refractivity contribution in [2.24, 2.45) is 0 Å². The van der Waals surface area contributed by atoms with Crippen LogP contribution in [-0.2, 0) is 9.47 Å². The van der Waals surface area contributed by atoms with Gasteiger partial charge in [0.05, 0.1) is 0 Å². The summed E-state index contributed by atoms with van der Waals surface area (Å²) >= 11 is -0.128. The summed E-state index contributed by atoms with van der Waals surface area (Å²) in [6.07, 6.45) is 2.45. The minimum absolute atomic E-state index is 0.128. The maximum absolute atomic E-state index is 5.35. The van der Waals surface area contributed by atoms with Crippen LogP contribution < -0.4 is 0 Å². The van der Waals surface area contributed by atoms with E-state index in [0.717, 1.165) is 0 Å². The minimum atomic E-state index is -0.128. The van der Waals surface area contributed by atoms with Crippen LogP contribution in [0.3, 0.4) is 0 Å². The first-order chi connectivity index (χ1) is 5.27. The first-order valence-corrected chi connectivity index (χ1v) is 8.32. The normalized spacial score (nSPS) is 47.5. The first-order valence-electron chi connectivity index (χ1n) is 4.29. The van der Waals surface area contributed by atoms with Crippen molar-refractivity contribution in [2.45, 2.75) is 47.1 Å². The first kappa shape index (κ1) is 8.32. The fraction of sp³-hybridized carbons (Fsp3) is 1.00. The number of hydrogen-bond donors (Lipinski definition) is 0. The van der Waals surface area contributed by atoms with Crippen LogP contribution in [0.4, 0.5) is 0 Å². The third kappa shape index (κ3) is 2.33. The van der Waals surface area contributed by atoms with Gasteiger partial charge in [-0.15, -0.1) is 0 Å². The molecule has 0 aromatic carbocycles. The van der Waals surface area contributed by atoms with Crippen LogP contribution >= 0.6 is 0 Å². The van der Waals surface area contributed by atoms with Gasteiger partial charge in [-0.3, -0.25) is 0 Å². The molecule has 0 aromatic heterocycles. The number of hydrogen-bond acceptors (Lipinski definition) is 2. The van der Waals surface area contributed by atoms with Crippen molar-refractivity contribution in [2.75, 3.05) is 0 Å². The second-order valence-corrected chi connectivity index (χ2v) is 7.17. The average Bonchev–Trinajstić information content (AvgIpc) is 2.79. The second kappa shape index (κ2) is 3.22. The Morgan fingerprint density at radius 2 is 1.36 bits per heavy atom. The fourth-order valence-corrected chi connectivity index (χ4v) is 5.80. The van der Waals surface area contributed by atoms with Gasteiger partial charge in [0.25, 0.3) is 0 Å². The summed E-state index contributed by atoms with van der Waals surface area (Å²) < 4.78 is 13.5. The van der Waals surface area contributed by atoms with Gasteiger partial charge in [0.1, 0.15) is 0 Å². The Morgan fingerprint density at radius 3 is 1.64 bits per heavy atom. The zero-order chi connectivity index (χ0) is 7.84. The van der Waals surface area contributed by atoms with Crippen LogP contribution in [0.5, 0.6) is 0 Å². The van der Waals surface area contributed by atoms with Crippen molar-refractivity contribution in [3.63, 3.8) is 0 Å². The third-order valence-electron chi connectivity index (χ3n) is 2.36. The summed E-state index contributed by atoms with van der Waals surface area (Å²) in [5.41, 5.74) is 0. The molecular formula is C8H14O2Sn. The second-order valence-electron chi connectivity index (χ2n) is 3.42. The van der Waals surface area contributed by atoms with E-state index < -0.39 is 0 Å². The summed E-state index contributed by atoms with van der Waals surface area (Å²) in [6.45, 7) is 4.33. The monoisotopic (exact) mass is 262 g/mol. The quantitative estimate of drug-likeness (QED) is 0.559. The van der Waals surface area contributed by atoms with Crippen LogP contribution in [-0.4, -0.2) is 45.6 Å². The molecule has 11 heavy (non-hydrogen) atoms. The predicted molar refractivity (Wildman–Crippen MR) is 44.0 cm³/mol. The Hall–Kier alpha value is 0.719. The van der Waals surface area contributed by atoms with E-state index in [1.807, 2.05) is 0 Å². The molecule has 2 aliphatic rings. The van der Waals surface area contributed by atoms with Crippen molar-refractivity contribution in [3.8, 4) is 0 Å². The van der Waals surface area contributed by atoms with Crippen molar-refractivity contribution in [1.29, 1.82) is 0 Å². The Kier molecular flexibility index (Phi) is 2.44. The van der Waals surface area contributed by atoms with Crippen LogP contribution in [0, 0.1) is 0 Å². The maximum atomic E-state index is 5.35. The molecule has 0 amide bonds. The third-order valence-corrected chi connectivity index (χ3v) is 6.31. The molecule has 4 unspecified atom stereocenters. The standard InChI is InChI=1S/2C4H7O.Sn/c2*1-3-4(2)5-3;/h2*3-4H,1H2,2H3;. The molecule has 0 aromatic rings. The fourth-order valence-electron chi connectivity index (χ4n) is 1.26. The van der Waals surface area contributed by atoms with E-state index in [-0.39, 0.29) is 21.1 Å². The summed E-state index contributed by atoms with van der Waals surface area (Å²) in [4.78, 5) is 0. The van der Waals surface area contributed by atoms with E-state index >= 15 is 0 Å². The number of rotatable bonds is 4. The van der Waals surface area contributed by atoms with Crippen LogP contribution in [0.15, 0.2) is 0 Å². The molecule has 62 valence electrons. The van der Waals surface area contributed by atoms with Gasteiger partial charge in [-0.2, -0.15) is 0 Å². The Labute approximate surface area is 77.9 Å². The predicted octanol–water partition coefficient (Wildman–Crippen LogP) is 1.10. The van der Waals surface area contributed by atoms with Gasteiger partial charge >= 0.3 is 77.8 Å². The molecule has 0 bridgehead atoms. The van der Waals surface area contributed by atoms with Gasteiger partial charge in [0, 0.05) is 0 Å². The average molecular weight is 261 g/mol. The molecule has 4 atom stereocenters. The molecular weight excluding hydrogens is 247 g/mol. The van der Waals surface area contributed by atoms with Gasteiger partial charge in [-0.25, -0.2) is 0 Å². The summed E-state index contributed by atoms with van der Waals surface area (Å²) in [5, 5.41) is 0. The van der Waals surface area contributed by atoms with E-state index in [0.29, 0.717) is 24.4 Å². The molecule has 0 spiro atoms. The van der Waals surface area contributed by atoms with Crippen LogP contribution in [0.25, 0.3) is 0 Å². The topological polar surface area (TPSA) is 25.1 Å². The van der Waals surface area contributed by atoms with Gasteiger partial charge in [-0.1, -0.05) is 0 Å². The molecule has 0 N–H and O–H groups in total. The molecule has 2 heterocycles. The van der Waals surface area contributed by atoms with Crippen LogP contribution in [0.2, 0.25) is 8.87 Å². The summed E-state index contributed by atoms with van der Waals surface area (Å²) in [7, 11) is 0.